The van der Waals surface area contributed by atoms with Gasteiger partial charge in [-0.25, -0.2) is 13.2 Å². The molecule has 0 saturated carbocycles. The lowest BCUT2D eigenvalue weighted by atomic mass is 9.97. The van der Waals surface area contributed by atoms with Crippen LogP contribution in [0.3, 0.4) is 0 Å². The molecule has 1 aliphatic carbocycles. The summed E-state index contributed by atoms with van der Waals surface area (Å²) in [6.07, 6.45) is 6.05. The van der Waals surface area contributed by atoms with E-state index in [0.29, 0.717) is 30.2 Å². The summed E-state index contributed by atoms with van der Waals surface area (Å²) in [5.41, 5.74) is 2.24. The number of hydrogen-bond donors (Lipinski definition) is 2. The van der Waals surface area contributed by atoms with Crippen LogP contribution >= 0.6 is 0 Å². The maximum atomic E-state index is 13.4. The molecule has 4 rings (SSSR count). The zero-order valence-electron chi connectivity index (χ0n) is 19.8. The quantitative estimate of drug-likeness (QED) is 0.602. The van der Waals surface area contributed by atoms with Crippen molar-refractivity contribution in [3.8, 4) is 0 Å². The van der Waals surface area contributed by atoms with Gasteiger partial charge in [0.25, 0.3) is 0 Å². The number of piperidine rings is 1. The Morgan fingerprint density at radius 1 is 1.18 bits per heavy atom. The van der Waals surface area contributed by atoms with E-state index in [1.54, 1.807) is 6.07 Å². The first kappa shape index (κ1) is 24.6. The first-order valence-electron chi connectivity index (χ1n) is 12.2. The first-order chi connectivity index (χ1) is 16.2. The molecule has 2 aliphatic rings. The minimum atomic E-state index is -3.82. The number of benzene rings is 1. The molecule has 0 radical (unpaired) electrons. The van der Waals surface area contributed by atoms with E-state index in [0.717, 1.165) is 43.4 Å². The minimum Gasteiger partial charge on any atom is -0.478 e. The predicted molar refractivity (Wildman–Crippen MR) is 129 cm³/mol. The number of carboxylic acids is 1. The van der Waals surface area contributed by atoms with Gasteiger partial charge in [-0.1, -0.05) is 13.3 Å². The second-order valence-corrected chi connectivity index (χ2v) is 11.4. The molecule has 1 aromatic heterocycles. The number of carbonyl (C=O) groups is 2. The smallest absolute Gasteiger partial charge is 0.336 e. The number of aromatic nitrogens is 1. The monoisotopic (exact) mass is 487 g/mol. The van der Waals surface area contributed by atoms with Crippen LogP contribution in [0.1, 0.15) is 74.0 Å². The summed E-state index contributed by atoms with van der Waals surface area (Å²) >= 11 is 0. The molecule has 0 spiro atoms. The highest BCUT2D eigenvalue weighted by atomic mass is 32.2. The Kier molecular flexibility index (Phi) is 7.23. The Morgan fingerprint density at radius 2 is 1.88 bits per heavy atom. The topological polar surface area (TPSA) is 117 Å². The van der Waals surface area contributed by atoms with Gasteiger partial charge in [0.15, 0.2) is 0 Å². The fourth-order valence-corrected chi connectivity index (χ4v) is 6.45. The number of rotatable bonds is 6. The molecule has 1 saturated heterocycles. The molecular formula is C25H33N3O5S. The largest absolute Gasteiger partial charge is 0.478 e. The van der Waals surface area contributed by atoms with Gasteiger partial charge in [-0.3, -0.25) is 9.78 Å². The minimum absolute atomic E-state index is 0.0185. The maximum absolute atomic E-state index is 13.4. The van der Waals surface area contributed by atoms with Crippen molar-refractivity contribution < 1.29 is 23.1 Å². The van der Waals surface area contributed by atoms with Gasteiger partial charge in [0.2, 0.25) is 15.9 Å². The van der Waals surface area contributed by atoms with Gasteiger partial charge >= 0.3 is 5.97 Å². The van der Waals surface area contributed by atoms with E-state index >= 15 is 0 Å². The number of amides is 1. The van der Waals surface area contributed by atoms with Crippen LogP contribution in [-0.4, -0.2) is 53.8 Å². The van der Waals surface area contributed by atoms with E-state index in [-0.39, 0.29) is 41.4 Å². The Labute approximate surface area is 200 Å². The Morgan fingerprint density at radius 3 is 2.56 bits per heavy atom. The maximum Gasteiger partial charge on any atom is 0.336 e. The fourth-order valence-electron chi connectivity index (χ4n) is 4.95. The lowest BCUT2D eigenvalue weighted by Crippen LogP contribution is -2.44. The van der Waals surface area contributed by atoms with Gasteiger partial charge in [0, 0.05) is 36.1 Å². The molecule has 1 fully saturated rings. The van der Waals surface area contributed by atoms with E-state index in [4.69, 9.17) is 4.98 Å². The molecule has 8 nitrogen and oxygen atoms in total. The number of pyridine rings is 1. The summed E-state index contributed by atoms with van der Waals surface area (Å²) in [5.74, 6) is -1.27. The summed E-state index contributed by atoms with van der Waals surface area (Å²) in [6, 6.07) is 4.69. The third-order valence-electron chi connectivity index (χ3n) is 7.16. The van der Waals surface area contributed by atoms with Crippen LogP contribution in [0.15, 0.2) is 23.1 Å². The van der Waals surface area contributed by atoms with Crippen LogP contribution in [0.4, 0.5) is 0 Å². The van der Waals surface area contributed by atoms with Crippen LogP contribution in [-0.2, 0) is 27.7 Å². The molecule has 184 valence electrons. The summed E-state index contributed by atoms with van der Waals surface area (Å²) in [5, 5.41) is 13.4. The number of hydrogen-bond acceptors (Lipinski definition) is 5. The Balaban J connectivity index is 1.61. The summed E-state index contributed by atoms with van der Waals surface area (Å²) in [4.78, 5) is 29.4. The second kappa shape index (κ2) is 10.00. The predicted octanol–water partition coefficient (Wildman–Crippen LogP) is 3.52. The van der Waals surface area contributed by atoms with E-state index in [1.807, 2.05) is 13.8 Å². The molecule has 1 aliphatic heterocycles. The lowest BCUT2D eigenvalue weighted by molar-refractivity contribution is -0.126. The molecule has 2 aromatic rings. The zero-order valence-corrected chi connectivity index (χ0v) is 20.7. The van der Waals surface area contributed by atoms with Crippen LogP contribution in [0.2, 0.25) is 0 Å². The van der Waals surface area contributed by atoms with E-state index < -0.39 is 16.0 Å². The number of nitrogens with one attached hydrogen (secondary N) is 1. The number of carboxylic acid groups (broad SMARTS) is 1. The normalized spacial score (nSPS) is 18.8. The first-order valence-corrected chi connectivity index (χ1v) is 13.7. The molecule has 1 atom stereocenters. The van der Waals surface area contributed by atoms with Crippen LogP contribution in [0.5, 0.6) is 0 Å². The highest BCUT2D eigenvalue weighted by Crippen LogP contribution is 2.32. The second-order valence-electron chi connectivity index (χ2n) is 9.45. The Bertz CT molecular complexity index is 1200. The van der Waals surface area contributed by atoms with Crippen molar-refractivity contribution in [1.82, 2.24) is 14.6 Å². The Hall–Kier alpha value is -2.52. The van der Waals surface area contributed by atoms with E-state index in [9.17, 15) is 23.1 Å². The van der Waals surface area contributed by atoms with Gasteiger partial charge in [-0.2, -0.15) is 4.31 Å². The summed E-state index contributed by atoms with van der Waals surface area (Å²) in [7, 11) is -3.82. The van der Waals surface area contributed by atoms with Crippen LogP contribution in [0.25, 0.3) is 10.9 Å². The SMILES string of the molecule is CC[C@H](C)NC(=O)C1CCN(S(=O)(=O)c2ccc3nc4c(c(C(=O)O)c3c2)CCCCC4)CC1. The molecule has 1 amide bonds. The number of aromatic carboxylic acids is 1. The number of carbonyl (C=O) groups excluding carboxylic acids is 1. The number of sulfonamides is 1. The number of fused-ring (bicyclic) bond motifs is 2. The average molecular weight is 488 g/mol. The molecule has 0 bridgehead atoms. The van der Waals surface area contributed by atoms with Gasteiger partial charge in [-0.05, 0) is 75.6 Å². The molecule has 34 heavy (non-hydrogen) atoms. The molecule has 1 aromatic carbocycles. The summed E-state index contributed by atoms with van der Waals surface area (Å²) in [6.45, 7) is 4.48. The third kappa shape index (κ3) is 4.81. The van der Waals surface area contributed by atoms with Gasteiger partial charge < -0.3 is 10.4 Å². The van der Waals surface area contributed by atoms with Crippen molar-refractivity contribution in [1.29, 1.82) is 0 Å². The van der Waals surface area contributed by atoms with Gasteiger partial charge in [0.05, 0.1) is 16.0 Å². The molecule has 2 N–H and O–H groups in total. The third-order valence-corrected chi connectivity index (χ3v) is 9.06. The fraction of sp³-hybridized carbons (Fsp3) is 0.560. The van der Waals surface area contributed by atoms with Crippen molar-refractivity contribution in [2.45, 2.75) is 76.2 Å². The van der Waals surface area contributed by atoms with Crippen molar-refractivity contribution in [2.75, 3.05) is 13.1 Å². The lowest BCUT2D eigenvalue weighted by Gasteiger charge is -2.31. The highest BCUT2D eigenvalue weighted by Gasteiger charge is 2.33. The van der Waals surface area contributed by atoms with Gasteiger partial charge in [-0.15, -0.1) is 0 Å². The highest BCUT2D eigenvalue weighted by molar-refractivity contribution is 7.89. The van der Waals surface area contributed by atoms with E-state index in [1.165, 1.54) is 16.4 Å². The molecular weight excluding hydrogens is 454 g/mol. The number of nitrogens with zero attached hydrogens (tertiary/aromatic N) is 2. The zero-order chi connectivity index (χ0) is 24.5. The van der Waals surface area contributed by atoms with Crippen LogP contribution < -0.4 is 5.32 Å². The molecule has 2 heterocycles. The van der Waals surface area contributed by atoms with Crippen LogP contribution in [0, 0.1) is 5.92 Å². The van der Waals surface area contributed by atoms with E-state index in [2.05, 4.69) is 5.32 Å². The van der Waals surface area contributed by atoms with Crippen molar-refractivity contribution in [3.05, 3.63) is 35.0 Å². The average Bonchev–Trinajstić information content (AvgIpc) is 3.06. The van der Waals surface area contributed by atoms with Crippen molar-refractivity contribution >= 4 is 32.8 Å². The summed E-state index contributed by atoms with van der Waals surface area (Å²) < 4.78 is 28.2. The van der Waals surface area contributed by atoms with Crippen molar-refractivity contribution in [3.63, 3.8) is 0 Å². The standard InChI is InChI=1S/C25H33N3O5S/c1-3-16(2)26-24(29)17-11-13-28(14-12-17)34(32,33)18-9-10-22-20(15-18)23(25(30)31)19-7-5-4-6-8-21(19)27-22/h9-10,15-17H,3-8,11-14H2,1-2H3,(H,26,29)(H,30,31)/t16-/m0/s1. The molecule has 0 unspecified atom stereocenters. The number of aryl methyl sites for hydroxylation is 1. The molecule has 9 heteroatoms. The van der Waals surface area contributed by atoms with Gasteiger partial charge in [0.1, 0.15) is 0 Å². The van der Waals surface area contributed by atoms with Crippen molar-refractivity contribution in [2.24, 2.45) is 5.92 Å².